The smallest absolute Gasteiger partial charge is 0.332 e. The molecule has 3 nitrogen and oxygen atoms in total. The van der Waals surface area contributed by atoms with E-state index in [1.807, 2.05) is 0 Å². The van der Waals surface area contributed by atoms with Crippen molar-refractivity contribution in [1.29, 1.82) is 0 Å². The highest BCUT2D eigenvalue weighted by molar-refractivity contribution is 5.93. The summed E-state index contributed by atoms with van der Waals surface area (Å²) in [7, 11) is 0. The van der Waals surface area contributed by atoms with Crippen molar-refractivity contribution in [1.82, 2.24) is 0 Å². The normalized spacial score (nSPS) is 12.6. The van der Waals surface area contributed by atoms with Gasteiger partial charge in [-0.2, -0.15) is 0 Å². The number of rotatable bonds is 2. The molecule has 1 rings (SSSR count). The quantitative estimate of drug-likeness (QED) is 0.614. The van der Waals surface area contributed by atoms with Crippen LogP contribution in [0.1, 0.15) is 26.3 Å². The molecule has 0 radical (unpaired) electrons. The number of halogens is 1. The van der Waals surface area contributed by atoms with E-state index in [9.17, 15) is 9.18 Å². The lowest BCUT2D eigenvalue weighted by molar-refractivity contribution is -0.133. The highest BCUT2D eigenvalue weighted by Gasteiger charge is 2.23. The molecule has 0 aliphatic carbocycles. The van der Waals surface area contributed by atoms with Crippen molar-refractivity contribution < 1.29 is 14.3 Å². The molecule has 0 heterocycles. The van der Waals surface area contributed by atoms with Crippen LogP contribution >= 0.6 is 0 Å². The van der Waals surface area contributed by atoms with Gasteiger partial charge in [0.2, 0.25) is 0 Å². The van der Waals surface area contributed by atoms with Crippen LogP contribution in [-0.4, -0.2) is 11.1 Å². The summed E-state index contributed by atoms with van der Waals surface area (Å²) in [6.45, 7) is 5.28. The lowest BCUT2D eigenvalue weighted by Crippen LogP contribution is -2.17. The molecule has 0 saturated carbocycles. The Labute approximate surface area is 99.8 Å². The highest BCUT2D eigenvalue weighted by atomic mass is 19.1. The number of carbonyl (C=O) groups is 1. The Hall–Kier alpha value is -1.84. The lowest BCUT2D eigenvalue weighted by Gasteiger charge is -2.19. The number of nitrogen functional groups attached to an aromatic ring is 1. The molecule has 0 amide bonds. The van der Waals surface area contributed by atoms with Crippen LogP contribution in [0.5, 0.6) is 0 Å². The van der Waals surface area contributed by atoms with Gasteiger partial charge in [-0.3, -0.25) is 0 Å². The average Bonchev–Trinajstić information content (AvgIpc) is 2.17. The van der Waals surface area contributed by atoms with E-state index in [2.05, 4.69) is 0 Å². The zero-order chi connectivity index (χ0) is 13.2. The molecule has 4 heteroatoms. The number of hydrogen-bond donors (Lipinski definition) is 2. The third-order valence-electron chi connectivity index (χ3n) is 2.40. The molecule has 0 aliphatic rings. The summed E-state index contributed by atoms with van der Waals surface area (Å²) in [4.78, 5) is 11.1. The van der Waals surface area contributed by atoms with Crippen molar-refractivity contribution in [3.63, 3.8) is 0 Å². The molecular formula is C13H16FNO2. The van der Waals surface area contributed by atoms with Crippen molar-refractivity contribution in [2.24, 2.45) is 5.41 Å². The number of anilines is 1. The second-order valence-corrected chi connectivity index (χ2v) is 4.86. The van der Waals surface area contributed by atoms with Gasteiger partial charge in [-0.15, -0.1) is 0 Å². The molecule has 0 atom stereocenters. The van der Waals surface area contributed by atoms with Crippen molar-refractivity contribution >= 4 is 17.7 Å². The van der Waals surface area contributed by atoms with E-state index >= 15 is 0 Å². The summed E-state index contributed by atoms with van der Waals surface area (Å²) < 4.78 is 13.7. The first-order valence-corrected chi connectivity index (χ1v) is 5.23. The molecule has 0 spiro atoms. The summed E-state index contributed by atoms with van der Waals surface area (Å²) in [6, 6.07) is 4.52. The minimum Gasteiger partial charge on any atom is -0.478 e. The Morgan fingerprint density at radius 3 is 2.47 bits per heavy atom. The summed E-state index contributed by atoms with van der Waals surface area (Å²) in [5, 5.41) is 9.11. The van der Waals surface area contributed by atoms with Crippen molar-refractivity contribution in [3.8, 4) is 0 Å². The van der Waals surface area contributed by atoms with Crippen LogP contribution in [0.4, 0.5) is 10.1 Å². The van der Waals surface area contributed by atoms with Gasteiger partial charge in [0.15, 0.2) is 5.82 Å². The average molecular weight is 237 g/mol. The predicted molar refractivity (Wildman–Crippen MR) is 65.9 cm³/mol. The maximum atomic E-state index is 13.7. The van der Waals surface area contributed by atoms with E-state index in [1.54, 1.807) is 26.8 Å². The number of hydrogen-bond acceptors (Lipinski definition) is 2. The fourth-order valence-corrected chi connectivity index (χ4v) is 1.43. The van der Waals surface area contributed by atoms with Crippen LogP contribution in [0.2, 0.25) is 0 Å². The van der Waals surface area contributed by atoms with Crippen LogP contribution in [0.15, 0.2) is 23.8 Å². The van der Waals surface area contributed by atoms with Crippen molar-refractivity contribution in [3.05, 3.63) is 35.2 Å². The standard InChI is InChI=1S/C13H16FNO2/c1-13(2,3)9(12(16)17)7-8-5-4-6-10(15)11(8)14/h4-7H,15H2,1-3H3,(H,16,17). The Kier molecular flexibility index (Phi) is 3.56. The highest BCUT2D eigenvalue weighted by Crippen LogP contribution is 2.28. The first-order valence-electron chi connectivity index (χ1n) is 5.23. The third kappa shape index (κ3) is 3.06. The minimum absolute atomic E-state index is 0.0115. The molecule has 3 N–H and O–H groups in total. The zero-order valence-corrected chi connectivity index (χ0v) is 10.1. The molecule has 0 aliphatic heterocycles. The van der Waals surface area contributed by atoms with Gasteiger partial charge in [-0.25, -0.2) is 9.18 Å². The van der Waals surface area contributed by atoms with Gasteiger partial charge in [-0.05, 0) is 17.6 Å². The Morgan fingerprint density at radius 1 is 1.41 bits per heavy atom. The number of carboxylic acids is 1. The predicted octanol–water partition coefficient (Wildman–Crippen LogP) is 2.92. The molecule has 92 valence electrons. The molecule has 0 saturated heterocycles. The van der Waals surface area contributed by atoms with Gasteiger partial charge < -0.3 is 10.8 Å². The Bertz CT molecular complexity index is 473. The first-order chi connectivity index (χ1) is 7.73. The fraction of sp³-hybridized carbons (Fsp3) is 0.308. The lowest BCUT2D eigenvalue weighted by atomic mass is 9.85. The molecule has 0 unspecified atom stereocenters. The monoisotopic (exact) mass is 237 g/mol. The van der Waals surface area contributed by atoms with Gasteiger partial charge in [-0.1, -0.05) is 32.9 Å². The molecule has 1 aromatic rings. The van der Waals surface area contributed by atoms with E-state index in [1.165, 1.54) is 18.2 Å². The Morgan fingerprint density at radius 2 is 2.00 bits per heavy atom. The topological polar surface area (TPSA) is 63.3 Å². The number of aliphatic carboxylic acids is 1. The molecule has 1 aromatic carbocycles. The molecule has 0 bridgehead atoms. The van der Waals surface area contributed by atoms with E-state index in [-0.39, 0.29) is 16.8 Å². The number of nitrogens with two attached hydrogens (primary N) is 1. The van der Waals surface area contributed by atoms with Crippen LogP contribution in [0, 0.1) is 11.2 Å². The summed E-state index contributed by atoms with van der Waals surface area (Å²) >= 11 is 0. The second kappa shape index (κ2) is 4.57. The SMILES string of the molecule is CC(C)(C)C(=Cc1cccc(N)c1F)C(=O)O. The maximum absolute atomic E-state index is 13.7. The molecule has 17 heavy (non-hydrogen) atoms. The van der Waals surface area contributed by atoms with Crippen LogP contribution < -0.4 is 5.73 Å². The number of benzene rings is 1. The summed E-state index contributed by atoms with van der Waals surface area (Å²) in [5.41, 5.74) is 5.21. The van der Waals surface area contributed by atoms with Crippen LogP contribution in [0.25, 0.3) is 6.08 Å². The van der Waals surface area contributed by atoms with Crippen LogP contribution in [0.3, 0.4) is 0 Å². The molecular weight excluding hydrogens is 221 g/mol. The van der Waals surface area contributed by atoms with Gasteiger partial charge in [0.1, 0.15) is 0 Å². The summed E-state index contributed by atoms with van der Waals surface area (Å²) in [5.74, 6) is -1.64. The Balaban J connectivity index is 3.33. The van der Waals surface area contributed by atoms with Gasteiger partial charge >= 0.3 is 5.97 Å². The molecule has 0 fully saturated rings. The van der Waals surface area contributed by atoms with E-state index < -0.39 is 17.2 Å². The molecule has 0 aromatic heterocycles. The van der Waals surface area contributed by atoms with E-state index in [0.717, 1.165) is 0 Å². The van der Waals surface area contributed by atoms with Gasteiger partial charge in [0.05, 0.1) is 5.69 Å². The largest absolute Gasteiger partial charge is 0.478 e. The number of carboxylic acid groups (broad SMARTS) is 1. The first kappa shape index (κ1) is 13.2. The van der Waals surface area contributed by atoms with Crippen LogP contribution in [-0.2, 0) is 4.79 Å². The maximum Gasteiger partial charge on any atom is 0.332 e. The van der Waals surface area contributed by atoms with Crippen molar-refractivity contribution in [2.45, 2.75) is 20.8 Å². The van der Waals surface area contributed by atoms with Gasteiger partial charge in [0.25, 0.3) is 0 Å². The minimum atomic E-state index is -1.06. The zero-order valence-electron chi connectivity index (χ0n) is 10.1. The fourth-order valence-electron chi connectivity index (χ4n) is 1.43. The van der Waals surface area contributed by atoms with Gasteiger partial charge in [0, 0.05) is 11.1 Å². The van der Waals surface area contributed by atoms with Crippen molar-refractivity contribution in [2.75, 3.05) is 5.73 Å². The third-order valence-corrected chi connectivity index (χ3v) is 2.40. The van der Waals surface area contributed by atoms with E-state index in [4.69, 9.17) is 10.8 Å². The second-order valence-electron chi connectivity index (χ2n) is 4.86. The summed E-state index contributed by atoms with van der Waals surface area (Å²) in [6.07, 6.45) is 1.33. The van der Waals surface area contributed by atoms with E-state index in [0.29, 0.717) is 0 Å².